The van der Waals surface area contributed by atoms with Crippen molar-refractivity contribution in [2.75, 3.05) is 13.1 Å². The van der Waals surface area contributed by atoms with Gasteiger partial charge in [-0.1, -0.05) is 23.7 Å². The highest BCUT2D eigenvalue weighted by molar-refractivity contribution is 6.31. The van der Waals surface area contributed by atoms with Crippen LogP contribution in [0.5, 0.6) is 0 Å². The lowest BCUT2D eigenvalue weighted by molar-refractivity contribution is -0.161. The van der Waals surface area contributed by atoms with Crippen LogP contribution < -0.4 is 0 Å². The van der Waals surface area contributed by atoms with Gasteiger partial charge >= 0.3 is 0 Å². The average Bonchev–Trinajstić information content (AvgIpc) is 2.91. The van der Waals surface area contributed by atoms with Gasteiger partial charge in [-0.15, -0.1) is 0 Å². The van der Waals surface area contributed by atoms with Crippen LogP contribution in [-0.4, -0.2) is 34.6 Å². The fourth-order valence-corrected chi connectivity index (χ4v) is 5.18. The number of benzene rings is 1. The van der Waals surface area contributed by atoms with E-state index in [1.54, 1.807) is 0 Å². The monoisotopic (exact) mass is 347 g/mol. The van der Waals surface area contributed by atoms with Gasteiger partial charge in [0.15, 0.2) is 0 Å². The van der Waals surface area contributed by atoms with Gasteiger partial charge in [-0.25, -0.2) is 0 Å². The van der Waals surface area contributed by atoms with Crippen molar-refractivity contribution >= 4 is 17.5 Å². The first-order valence-electron chi connectivity index (χ1n) is 9.04. The first-order chi connectivity index (χ1) is 11.3. The Morgan fingerprint density at radius 2 is 2.00 bits per heavy atom. The number of carbonyl (C=O) groups excluding carboxylic acids is 1. The van der Waals surface area contributed by atoms with Crippen LogP contribution in [0, 0.1) is 18.3 Å². The summed E-state index contributed by atoms with van der Waals surface area (Å²) in [4.78, 5) is 14.5. The minimum absolute atomic E-state index is 0.0467. The summed E-state index contributed by atoms with van der Waals surface area (Å²) in [7, 11) is 0. The maximum atomic E-state index is 12.5. The summed E-state index contributed by atoms with van der Waals surface area (Å²) in [6.07, 6.45) is 4.81. The van der Waals surface area contributed by atoms with Gasteiger partial charge in [0.2, 0.25) is 5.91 Å². The van der Waals surface area contributed by atoms with E-state index < -0.39 is 5.60 Å². The predicted octanol–water partition coefficient (Wildman–Crippen LogP) is 3.91. The first-order valence-corrected chi connectivity index (χ1v) is 9.42. The number of likely N-dealkylation sites (tertiary alicyclic amines) is 1. The van der Waals surface area contributed by atoms with Crippen LogP contribution in [0.15, 0.2) is 18.2 Å². The van der Waals surface area contributed by atoms with Crippen molar-refractivity contribution in [3.63, 3.8) is 0 Å². The highest BCUT2D eigenvalue weighted by Crippen LogP contribution is 2.53. The van der Waals surface area contributed by atoms with E-state index in [4.69, 9.17) is 11.6 Å². The van der Waals surface area contributed by atoms with E-state index in [0.717, 1.165) is 23.7 Å². The number of hydrogen-bond donors (Lipinski definition) is 1. The maximum Gasteiger partial charge on any atom is 0.225 e. The quantitative estimate of drug-likeness (QED) is 0.881. The molecular weight excluding hydrogens is 322 g/mol. The molecule has 130 valence electrons. The Kier molecular flexibility index (Phi) is 3.74. The summed E-state index contributed by atoms with van der Waals surface area (Å²) >= 11 is 6.28. The van der Waals surface area contributed by atoms with Gasteiger partial charge < -0.3 is 10.0 Å². The predicted molar refractivity (Wildman–Crippen MR) is 95.1 cm³/mol. The van der Waals surface area contributed by atoms with Crippen molar-refractivity contribution < 1.29 is 9.90 Å². The SMILES string of the molecule is Cc1ccc([C@@H]2CCC3(C2)CN(C(=O)C2CC(C)(O)C2)C3)cc1Cl. The molecule has 1 aliphatic heterocycles. The second-order valence-corrected chi connectivity index (χ2v) is 9.15. The highest BCUT2D eigenvalue weighted by Gasteiger charge is 2.53. The van der Waals surface area contributed by atoms with E-state index in [1.165, 1.54) is 24.8 Å². The van der Waals surface area contributed by atoms with Crippen LogP contribution in [0.1, 0.15) is 56.1 Å². The number of amides is 1. The largest absolute Gasteiger partial charge is 0.390 e. The van der Waals surface area contributed by atoms with Gasteiger partial charge in [0, 0.05) is 29.4 Å². The third-order valence-electron chi connectivity index (χ3n) is 6.46. The van der Waals surface area contributed by atoms with Crippen LogP contribution in [0.4, 0.5) is 0 Å². The van der Waals surface area contributed by atoms with E-state index in [9.17, 15) is 9.90 Å². The zero-order valence-corrected chi connectivity index (χ0v) is 15.3. The third kappa shape index (κ3) is 2.76. The van der Waals surface area contributed by atoms with E-state index in [2.05, 4.69) is 18.2 Å². The van der Waals surface area contributed by atoms with E-state index in [-0.39, 0.29) is 11.8 Å². The third-order valence-corrected chi connectivity index (χ3v) is 6.86. The molecule has 1 N–H and O–H groups in total. The molecule has 0 bridgehead atoms. The maximum absolute atomic E-state index is 12.5. The fraction of sp³-hybridized carbons (Fsp3) is 0.650. The molecule has 3 nitrogen and oxygen atoms in total. The van der Waals surface area contributed by atoms with Gasteiger partial charge in [0.1, 0.15) is 0 Å². The van der Waals surface area contributed by atoms with E-state index in [1.807, 2.05) is 18.7 Å². The molecule has 0 radical (unpaired) electrons. The first kappa shape index (κ1) is 16.4. The number of aliphatic hydroxyl groups is 1. The Hall–Kier alpha value is -1.06. The van der Waals surface area contributed by atoms with Crippen LogP contribution >= 0.6 is 11.6 Å². The molecule has 3 fully saturated rings. The van der Waals surface area contributed by atoms with Crippen molar-refractivity contribution in [3.8, 4) is 0 Å². The topological polar surface area (TPSA) is 40.5 Å². The molecule has 2 saturated carbocycles. The van der Waals surface area contributed by atoms with Gasteiger partial charge in [-0.2, -0.15) is 0 Å². The Morgan fingerprint density at radius 3 is 2.62 bits per heavy atom. The Bertz CT molecular complexity index is 670. The van der Waals surface area contributed by atoms with Crippen molar-refractivity contribution in [2.45, 2.75) is 57.5 Å². The van der Waals surface area contributed by atoms with Gasteiger partial charge in [0.25, 0.3) is 0 Å². The zero-order chi connectivity index (χ0) is 17.1. The van der Waals surface area contributed by atoms with Crippen molar-refractivity contribution in [3.05, 3.63) is 34.3 Å². The second-order valence-electron chi connectivity index (χ2n) is 8.74. The summed E-state index contributed by atoms with van der Waals surface area (Å²) in [6.45, 7) is 5.67. The molecule has 4 heteroatoms. The van der Waals surface area contributed by atoms with Crippen LogP contribution in [0.25, 0.3) is 0 Å². The lowest BCUT2D eigenvalue weighted by Crippen LogP contribution is -2.61. The van der Waals surface area contributed by atoms with Crippen molar-refractivity contribution in [1.82, 2.24) is 4.90 Å². The fourth-order valence-electron chi connectivity index (χ4n) is 5.00. The molecule has 24 heavy (non-hydrogen) atoms. The number of nitrogens with zero attached hydrogens (tertiary/aromatic N) is 1. The number of hydrogen-bond acceptors (Lipinski definition) is 2. The number of halogens is 1. The minimum Gasteiger partial charge on any atom is -0.390 e. The Labute approximate surface area is 149 Å². The molecule has 2 aliphatic carbocycles. The molecular formula is C20H26ClNO2. The molecule has 1 aromatic carbocycles. The lowest BCUT2D eigenvalue weighted by Gasteiger charge is -2.52. The van der Waals surface area contributed by atoms with Crippen LogP contribution in [-0.2, 0) is 4.79 Å². The standard InChI is InChI=1S/C20H26ClNO2/c1-13-3-4-14(7-17(13)21)15-5-6-20(10-15)11-22(12-20)18(23)16-8-19(2,24)9-16/h3-4,7,15-16,24H,5-6,8-12H2,1-2H3/t15-,16?,19?/m1/s1. The zero-order valence-electron chi connectivity index (χ0n) is 14.5. The number of carbonyl (C=O) groups is 1. The normalized spacial score (nSPS) is 34.1. The van der Waals surface area contributed by atoms with Gasteiger partial charge in [0.05, 0.1) is 5.60 Å². The smallest absolute Gasteiger partial charge is 0.225 e. The van der Waals surface area contributed by atoms with Crippen LogP contribution in [0.3, 0.4) is 0 Å². The molecule has 0 aromatic heterocycles. The molecule has 1 spiro atoms. The Balaban J connectivity index is 1.35. The molecule has 1 amide bonds. The minimum atomic E-state index is -0.619. The molecule has 1 atom stereocenters. The lowest BCUT2D eigenvalue weighted by atomic mass is 9.69. The number of aryl methyl sites for hydroxylation is 1. The highest BCUT2D eigenvalue weighted by atomic mass is 35.5. The average molecular weight is 348 g/mol. The molecule has 4 rings (SSSR count). The summed E-state index contributed by atoms with van der Waals surface area (Å²) in [5.74, 6) is 0.879. The molecule has 0 unspecified atom stereocenters. The van der Waals surface area contributed by atoms with E-state index in [0.29, 0.717) is 24.2 Å². The van der Waals surface area contributed by atoms with Gasteiger partial charge in [-0.3, -0.25) is 4.79 Å². The summed E-state index contributed by atoms with van der Waals surface area (Å²) < 4.78 is 0. The van der Waals surface area contributed by atoms with Gasteiger partial charge in [-0.05, 0) is 69.1 Å². The Morgan fingerprint density at radius 1 is 1.29 bits per heavy atom. The number of rotatable bonds is 2. The van der Waals surface area contributed by atoms with Crippen molar-refractivity contribution in [1.29, 1.82) is 0 Å². The summed E-state index contributed by atoms with van der Waals surface area (Å²) in [5, 5.41) is 10.7. The summed E-state index contributed by atoms with van der Waals surface area (Å²) in [5.41, 5.74) is 2.18. The molecule has 1 heterocycles. The van der Waals surface area contributed by atoms with E-state index >= 15 is 0 Å². The molecule has 3 aliphatic rings. The van der Waals surface area contributed by atoms with Crippen molar-refractivity contribution in [2.24, 2.45) is 11.3 Å². The molecule has 1 aromatic rings. The second kappa shape index (κ2) is 5.47. The van der Waals surface area contributed by atoms with Crippen LogP contribution in [0.2, 0.25) is 5.02 Å². The summed E-state index contributed by atoms with van der Waals surface area (Å²) in [6, 6.07) is 6.45. The molecule has 1 saturated heterocycles.